The second kappa shape index (κ2) is 9.91. The average molecular weight is 501 g/mol. The van der Waals surface area contributed by atoms with Crippen molar-refractivity contribution in [2.75, 3.05) is 10.2 Å². The summed E-state index contributed by atoms with van der Waals surface area (Å²) in [6, 6.07) is 21.0. The van der Waals surface area contributed by atoms with Crippen molar-refractivity contribution >= 4 is 34.6 Å². The summed E-state index contributed by atoms with van der Waals surface area (Å²) in [4.78, 5) is 18.5. The van der Waals surface area contributed by atoms with Crippen molar-refractivity contribution in [1.82, 2.24) is 10.3 Å². The fourth-order valence-electron chi connectivity index (χ4n) is 4.38. The molecule has 4 aromatic rings. The molecule has 2 aromatic carbocycles. The van der Waals surface area contributed by atoms with Crippen LogP contribution in [0.25, 0.3) is 11.3 Å². The van der Waals surface area contributed by atoms with Crippen LogP contribution in [0.2, 0.25) is 0 Å². The highest BCUT2D eigenvalue weighted by molar-refractivity contribution is 7.80. The molecule has 2 N–H and O–H groups in total. The van der Waals surface area contributed by atoms with Gasteiger partial charge in [-0.15, -0.1) is 0 Å². The van der Waals surface area contributed by atoms with Crippen molar-refractivity contribution in [3.63, 3.8) is 0 Å². The number of nitrogens with one attached hydrogen (secondary N) is 2. The van der Waals surface area contributed by atoms with Crippen LogP contribution in [-0.4, -0.2) is 16.0 Å². The number of anilines is 2. The number of pyridine rings is 1. The van der Waals surface area contributed by atoms with E-state index in [1.165, 1.54) is 12.1 Å². The maximum atomic E-state index is 13.4. The number of aryl methyl sites for hydroxylation is 1. The van der Waals surface area contributed by atoms with Crippen LogP contribution < -0.4 is 15.5 Å². The Morgan fingerprint density at radius 2 is 1.94 bits per heavy atom. The summed E-state index contributed by atoms with van der Waals surface area (Å²) in [7, 11) is 0. The first-order chi connectivity index (χ1) is 17.4. The van der Waals surface area contributed by atoms with Gasteiger partial charge in [0.15, 0.2) is 5.11 Å². The second-order valence-electron chi connectivity index (χ2n) is 8.61. The zero-order valence-electron chi connectivity index (χ0n) is 19.9. The number of hydrogen-bond donors (Lipinski definition) is 2. The summed E-state index contributed by atoms with van der Waals surface area (Å²) in [5.41, 5.74) is 4.16. The largest absolute Gasteiger partial charge is 0.459 e. The lowest BCUT2D eigenvalue weighted by Crippen LogP contribution is -2.29. The van der Waals surface area contributed by atoms with Crippen LogP contribution in [0.15, 0.2) is 83.4 Å². The van der Waals surface area contributed by atoms with Gasteiger partial charge in [-0.1, -0.05) is 13.0 Å². The lowest BCUT2D eigenvalue weighted by molar-refractivity contribution is -0.115. The molecule has 0 bridgehead atoms. The number of benzene rings is 2. The maximum absolute atomic E-state index is 13.4. The number of carbonyl (C=O) groups excluding carboxylic acids is 1. The smallest absolute Gasteiger partial charge is 0.224 e. The Hall–Kier alpha value is -4.04. The van der Waals surface area contributed by atoms with Gasteiger partial charge < -0.3 is 20.0 Å². The second-order valence-corrected chi connectivity index (χ2v) is 8.99. The van der Waals surface area contributed by atoms with Gasteiger partial charge in [0.25, 0.3) is 0 Å². The first-order valence-corrected chi connectivity index (χ1v) is 12.1. The third-order valence-electron chi connectivity index (χ3n) is 6.23. The minimum absolute atomic E-state index is 0.0405. The molecule has 2 aromatic heterocycles. The standard InChI is InChI=1S/C28H25FN4O2S/c1-3-25(34)31-21-12-11-20(16-17(21)2)33-27(26(32-28(33)36)22-6-4-5-15-30-22)24-14-13-23(35-24)18-7-9-19(29)10-8-18/h4-16,26-27H,3H2,1-2H3,(H,31,34)(H,32,36)/t26-,27+/m1/s1. The van der Waals surface area contributed by atoms with Gasteiger partial charge in [0.1, 0.15) is 23.4 Å². The van der Waals surface area contributed by atoms with E-state index in [1.54, 1.807) is 18.3 Å². The first-order valence-electron chi connectivity index (χ1n) is 11.7. The predicted octanol–water partition coefficient (Wildman–Crippen LogP) is 6.31. The van der Waals surface area contributed by atoms with Crippen molar-refractivity contribution in [3.8, 4) is 11.3 Å². The van der Waals surface area contributed by atoms with Crippen LogP contribution in [-0.2, 0) is 4.79 Å². The highest BCUT2D eigenvalue weighted by Gasteiger charge is 2.42. The van der Waals surface area contributed by atoms with Crippen LogP contribution in [0.4, 0.5) is 15.8 Å². The summed E-state index contributed by atoms with van der Waals surface area (Å²) < 4.78 is 19.8. The molecule has 8 heteroatoms. The van der Waals surface area contributed by atoms with Crippen molar-refractivity contribution in [1.29, 1.82) is 0 Å². The van der Waals surface area contributed by atoms with E-state index in [2.05, 4.69) is 15.6 Å². The van der Waals surface area contributed by atoms with E-state index in [4.69, 9.17) is 16.6 Å². The number of thiocarbonyl (C=S) groups is 1. The van der Waals surface area contributed by atoms with Crippen LogP contribution in [0.3, 0.4) is 0 Å². The monoisotopic (exact) mass is 500 g/mol. The third kappa shape index (κ3) is 4.59. The van der Waals surface area contributed by atoms with Crippen LogP contribution >= 0.6 is 12.2 Å². The third-order valence-corrected chi connectivity index (χ3v) is 6.54. The Labute approximate surface area is 214 Å². The SMILES string of the molecule is CCC(=O)Nc1ccc(N2C(=S)N[C@H](c3ccccn3)[C@@H]2c2ccc(-c3ccc(F)cc3)o2)cc1C. The Kier molecular flexibility index (Phi) is 6.52. The summed E-state index contributed by atoms with van der Waals surface area (Å²) in [6.07, 6.45) is 2.16. The molecule has 2 atom stereocenters. The molecule has 5 rings (SSSR count). The Balaban J connectivity index is 1.55. The van der Waals surface area contributed by atoms with Crippen molar-refractivity contribution in [3.05, 3.63) is 102 Å². The first kappa shape index (κ1) is 23.7. The Bertz CT molecular complexity index is 1400. The molecule has 0 saturated carbocycles. The minimum Gasteiger partial charge on any atom is -0.459 e. The van der Waals surface area contributed by atoms with E-state index in [0.29, 0.717) is 23.1 Å². The molecule has 36 heavy (non-hydrogen) atoms. The molecule has 6 nitrogen and oxygen atoms in total. The molecule has 1 saturated heterocycles. The van der Waals surface area contributed by atoms with Gasteiger partial charge in [0.05, 0.1) is 11.7 Å². The van der Waals surface area contributed by atoms with E-state index in [1.807, 2.05) is 67.3 Å². The highest BCUT2D eigenvalue weighted by atomic mass is 32.1. The van der Waals surface area contributed by atoms with Crippen molar-refractivity contribution in [2.45, 2.75) is 32.4 Å². The fourth-order valence-corrected chi connectivity index (χ4v) is 4.73. The van der Waals surface area contributed by atoms with Crippen molar-refractivity contribution in [2.24, 2.45) is 0 Å². The van der Waals surface area contributed by atoms with Gasteiger partial charge in [-0.3, -0.25) is 9.78 Å². The summed E-state index contributed by atoms with van der Waals surface area (Å²) in [5.74, 6) is 0.988. The number of amides is 1. The fraction of sp³-hybridized carbons (Fsp3) is 0.179. The molecular formula is C28H25FN4O2S. The number of carbonyl (C=O) groups is 1. The summed E-state index contributed by atoms with van der Waals surface area (Å²) >= 11 is 5.79. The normalized spacial score (nSPS) is 17.2. The van der Waals surface area contributed by atoms with E-state index in [0.717, 1.165) is 28.2 Å². The lowest BCUT2D eigenvalue weighted by atomic mass is 10.0. The molecular weight excluding hydrogens is 475 g/mol. The zero-order chi connectivity index (χ0) is 25.2. The minimum atomic E-state index is -0.322. The van der Waals surface area contributed by atoms with Gasteiger partial charge in [-0.05, 0) is 91.4 Å². The van der Waals surface area contributed by atoms with Gasteiger partial charge in [-0.25, -0.2) is 4.39 Å². The molecule has 0 aliphatic carbocycles. The summed E-state index contributed by atoms with van der Waals surface area (Å²) in [6.45, 7) is 3.77. The molecule has 0 unspecified atom stereocenters. The number of nitrogens with zero attached hydrogens (tertiary/aromatic N) is 2. The Morgan fingerprint density at radius 3 is 2.64 bits per heavy atom. The quantitative estimate of drug-likeness (QED) is 0.302. The molecule has 3 heterocycles. The maximum Gasteiger partial charge on any atom is 0.224 e. The number of furan rings is 1. The van der Waals surface area contributed by atoms with Crippen LogP contribution in [0.5, 0.6) is 0 Å². The topological polar surface area (TPSA) is 70.4 Å². The number of halogens is 1. The molecule has 0 radical (unpaired) electrons. The number of hydrogen-bond acceptors (Lipinski definition) is 4. The van der Waals surface area contributed by atoms with E-state index in [-0.39, 0.29) is 23.8 Å². The number of aromatic nitrogens is 1. The van der Waals surface area contributed by atoms with Gasteiger partial charge in [-0.2, -0.15) is 0 Å². The van der Waals surface area contributed by atoms with Gasteiger partial charge in [0.2, 0.25) is 5.91 Å². The molecule has 0 spiro atoms. The zero-order valence-corrected chi connectivity index (χ0v) is 20.7. The van der Waals surface area contributed by atoms with Crippen LogP contribution in [0.1, 0.15) is 42.4 Å². The molecule has 1 aliphatic rings. The highest BCUT2D eigenvalue weighted by Crippen LogP contribution is 2.43. The molecule has 1 amide bonds. The predicted molar refractivity (Wildman–Crippen MR) is 142 cm³/mol. The van der Waals surface area contributed by atoms with Gasteiger partial charge in [0, 0.05) is 29.6 Å². The lowest BCUT2D eigenvalue weighted by Gasteiger charge is -2.26. The van der Waals surface area contributed by atoms with Crippen LogP contribution in [0, 0.1) is 12.7 Å². The average Bonchev–Trinajstić information content (AvgIpc) is 3.51. The molecule has 1 aliphatic heterocycles. The van der Waals surface area contributed by atoms with E-state index >= 15 is 0 Å². The Morgan fingerprint density at radius 1 is 1.14 bits per heavy atom. The van der Waals surface area contributed by atoms with Crippen molar-refractivity contribution < 1.29 is 13.6 Å². The molecule has 1 fully saturated rings. The van der Waals surface area contributed by atoms with Gasteiger partial charge >= 0.3 is 0 Å². The summed E-state index contributed by atoms with van der Waals surface area (Å²) in [5, 5.41) is 6.89. The van der Waals surface area contributed by atoms with E-state index < -0.39 is 0 Å². The molecule has 182 valence electrons. The van der Waals surface area contributed by atoms with E-state index in [9.17, 15) is 9.18 Å². The number of rotatable bonds is 6.